The van der Waals surface area contributed by atoms with Crippen molar-refractivity contribution in [3.63, 3.8) is 0 Å². The first kappa shape index (κ1) is 10.9. The van der Waals surface area contributed by atoms with Crippen LogP contribution < -0.4 is 10.2 Å². The molecule has 0 aromatic heterocycles. The molecule has 3 nitrogen and oxygen atoms in total. The van der Waals surface area contributed by atoms with Crippen LogP contribution >= 0.6 is 15.9 Å². The predicted octanol–water partition coefficient (Wildman–Crippen LogP) is 2.56. The van der Waals surface area contributed by atoms with E-state index in [0.717, 1.165) is 10.0 Å². The summed E-state index contributed by atoms with van der Waals surface area (Å²) in [7, 11) is 1.53. The van der Waals surface area contributed by atoms with Gasteiger partial charge in [0.2, 0.25) is 0 Å². The molecule has 0 saturated heterocycles. The van der Waals surface area contributed by atoms with E-state index < -0.39 is 0 Å². The highest BCUT2D eigenvalue weighted by Crippen LogP contribution is 2.42. The molecule has 0 aliphatic carbocycles. The highest BCUT2D eigenvalue weighted by atomic mass is 79.9. The van der Waals surface area contributed by atoms with E-state index in [1.54, 1.807) is 6.07 Å². The Hall–Kier alpha value is -0.650. The minimum absolute atomic E-state index is 0.157. The average Bonchev–Trinajstić information content (AvgIpc) is 2.53. The summed E-state index contributed by atoms with van der Waals surface area (Å²) in [5.41, 5.74) is 3.56. The maximum atomic E-state index is 13.4. The lowest BCUT2D eigenvalue weighted by Crippen LogP contribution is -2.28. The zero-order chi connectivity index (χ0) is 11.0. The van der Waals surface area contributed by atoms with E-state index in [-0.39, 0.29) is 18.0 Å². The summed E-state index contributed by atoms with van der Waals surface area (Å²) in [5.74, 6) is -0.0492. The van der Waals surface area contributed by atoms with Gasteiger partial charge in [0.15, 0.2) is 11.6 Å². The van der Waals surface area contributed by atoms with Crippen molar-refractivity contribution in [3.8, 4) is 5.75 Å². The van der Waals surface area contributed by atoms with Crippen molar-refractivity contribution in [2.75, 3.05) is 7.11 Å². The monoisotopic (exact) mass is 275 g/mol. The largest absolute Gasteiger partial charge is 0.485 e. The Bertz CT molecular complexity index is 386. The van der Waals surface area contributed by atoms with Gasteiger partial charge in [-0.05, 0) is 19.1 Å². The molecule has 1 aliphatic rings. The summed E-state index contributed by atoms with van der Waals surface area (Å²) in [6.45, 7) is 1.86. The van der Waals surface area contributed by atoms with E-state index in [1.165, 1.54) is 13.2 Å². The summed E-state index contributed by atoms with van der Waals surface area (Å²) in [6.07, 6.45) is -0.159. The summed E-state index contributed by atoms with van der Waals surface area (Å²) in [6, 6.07) is 2.89. The molecule has 5 heteroatoms. The molecule has 1 heterocycles. The van der Waals surface area contributed by atoms with Gasteiger partial charge in [-0.1, -0.05) is 15.9 Å². The third-order valence-corrected chi connectivity index (χ3v) is 3.12. The molecule has 2 unspecified atom stereocenters. The molecule has 0 amide bonds. The van der Waals surface area contributed by atoms with Crippen molar-refractivity contribution in [3.05, 3.63) is 28.0 Å². The second-order valence-electron chi connectivity index (χ2n) is 3.39. The SMILES string of the molecule is CONC1c2c(Br)ccc(F)c2OC1C. The van der Waals surface area contributed by atoms with Crippen molar-refractivity contribution in [1.29, 1.82) is 0 Å². The van der Waals surface area contributed by atoms with E-state index in [4.69, 9.17) is 9.57 Å². The van der Waals surface area contributed by atoms with Gasteiger partial charge < -0.3 is 9.57 Å². The molecule has 1 aliphatic heterocycles. The number of rotatable bonds is 2. The highest BCUT2D eigenvalue weighted by molar-refractivity contribution is 9.10. The Morgan fingerprint density at radius 1 is 1.53 bits per heavy atom. The van der Waals surface area contributed by atoms with Crippen molar-refractivity contribution in [1.82, 2.24) is 5.48 Å². The molecule has 0 radical (unpaired) electrons. The van der Waals surface area contributed by atoms with E-state index >= 15 is 0 Å². The predicted molar refractivity (Wildman–Crippen MR) is 57.1 cm³/mol. The number of nitrogens with one attached hydrogen (secondary N) is 1. The summed E-state index contributed by atoms with van der Waals surface area (Å²) < 4.78 is 19.7. The molecule has 1 aromatic carbocycles. The number of hydroxylamine groups is 1. The average molecular weight is 276 g/mol. The van der Waals surface area contributed by atoms with Gasteiger partial charge in [0, 0.05) is 10.0 Å². The third kappa shape index (κ3) is 1.75. The molecule has 1 N–H and O–H groups in total. The Morgan fingerprint density at radius 3 is 2.93 bits per heavy atom. The lowest BCUT2D eigenvalue weighted by atomic mass is 10.1. The maximum absolute atomic E-state index is 13.4. The number of fused-ring (bicyclic) bond motifs is 1. The van der Waals surface area contributed by atoms with Crippen LogP contribution in [0, 0.1) is 5.82 Å². The maximum Gasteiger partial charge on any atom is 0.165 e. The zero-order valence-electron chi connectivity index (χ0n) is 8.38. The molecule has 0 saturated carbocycles. The van der Waals surface area contributed by atoms with Gasteiger partial charge >= 0.3 is 0 Å². The first-order valence-corrected chi connectivity index (χ1v) is 5.37. The van der Waals surface area contributed by atoms with Crippen molar-refractivity contribution >= 4 is 15.9 Å². The number of halogens is 2. The van der Waals surface area contributed by atoms with Gasteiger partial charge in [0.05, 0.1) is 13.2 Å². The zero-order valence-corrected chi connectivity index (χ0v) is 9.97. The minimum Gasteiger partial charge on any atom is -0.485 e. The fourth-order valence-electron chi connectivity index (χ4n) is 1.73. The number of ether oxygens (including phenoxy) is 1. The Morgan fingerprint density at radius 2 is 2.27 bits per heavy atom. The van der Waals surface area contributed by atoms with Crippen LogP contribution in [0.5, 0.6) is 5.75 Å². The van der Waals surface area contributed by atoms with E-state index in [1.807, 2.05) is 6.92 Å². The number of hydrogen-bond acceptors (Lipinski definition) is 3. The van der Waals surface area contributed by atoms with Gasteiger partial charge in [0.25, 0.3) is 0 Å². The Kier molecular flexibility index (Phi) is 2.95. The molecular formula is C10H11BrFNO2. The van der Waals surface area contributed by atoms with Crippen LogP contribution in [0.4, 0.5) is 4.39 Å². The highest BCUT2D eigenvalue weighted by Gasteiger charge is 2.35. The summed E-state index contributed by atoms with van der Waals surface area (Å²) in [4.78, 5) is 4.87. The minimum atomic E-state index is -0.347. The standard InChI is InChI=1S/C10H11BrFNO2/c1-5-9(13-14-2)8-6(11)3-4-7(12)10(8)15-5/h3-5,9,13H,1-2H3. The van der Waals surface area contributed by atoms with Crippen LogP contribution in [0.25, 0.3) is 0 Å². The van der Waals surface area contributed by atoms with Gasteiger partial charge in [-0.2, -0.15) is 5.48 Å². The lowest BCUT2D eigenvalue weighted by Gasteiger charge is -2.15. The second kappa shape index (κ2) is 4.08. The van der Waals surface area contributed by atoms with Crippen LogP contribution in [0.3, 0.4) is 0 Å². The number of benzene rings is 1. The fourth-order valence-corrected chi connectivity index (χ4v) is 2.29. The molecule has 0 fully saturated rings. The lowest BCUT2D eigenvalue weighted by molar-refractivity contribution is 0.0334. The van der Waals surface area contributed by atoms with Crippen LogP contribution in [-0.2, 0) is 4.84 Å². The first-order chi connectivity index (χ1) is 7.15. The van der Waals surface area contributed by atoms with Gasteiger partial charge in [-0.3, -0.25) is 0 Å². The van der Waals surface area contributed by atoms with E-state index in [0.29, 0.717) is 5.75 Å². The molecule has 82 valence electrons. The van der Waals surface area contributed by atoms with E-state index in [2.05, 4.69) is 21.4 Å². The third-order valence-electron chi connectivity index (χ3n) is 2.42. The second-order valence-corrected chi connectivity index (χ2v) is 4.25. The topological polar surface area (TPSA) is 30.5 Å². The summed E-state index contributed by atoms with van der Waals surface area (Å²) >= 11 is 3.38. The normalized spacial score (nSPS) is 23.7. The van der Waals surface area contributed by atoms with Crippen molar-refractivity contribution in [2.45, 2.75) is 19.1 Å². The molecule has 15 heavy (non-hydrogen) atoms. The van der Waals surface area contributed by atoms with Crippen LogP contribution in [0.15, 0.2) is 16.6 Å². The van der Waals surface area contributed by atoms with Crippen molar-refractivity contribution < 1.29 is 14.0 Å². The van der Waals surface area contributed by atoms with Crippen LogP contribution in [-0.4, -0.2) is 13.2 Å². The van der Waals surface area contributed by atoms with Gasteiger partial charge in [-0.15, -0.1) is 0 Å². The van der Waals surface area contributed by atoms with Crippen molar-refractivity contribution in [2.24, 2.45) is 0 Å². The Labute approximate surface area is 95.6 Å². The van der Waals surface area contributed by atoms with E-state index in [9.17, 15) is 4.39 Å². The van der Waals surface area contributed by atoms with Crippen LogP contribution in [0.1, 0.15) is 18.5 Å². The summed E-state index contributed by atoms with van der Waals surface area (Å²) in [5, 5.41) is 0. The fraction of sp³-hybridized carbons (Fsp3) is 0.400. The molecule has 2 atom stereocenters. The van der Waals surface area contributed by atoms with Crippen LogP contribution in [0.2, 0.25) is 0 Å². The molecule has 2 rings (SSSR count). The van der Waals surface area contributed by atoms with Gasteiger partial charge in [0.1, 0.15) is 6.10 Å². The van der Waals surface area contributed by atoms with Gasteiger partial charge in [-0.25, -0.2) is 4.39 Å². The first-order valence-electron chi connectivity index (χ1n) is 4.58. The molecule has 1 aromatic rings. The number of hydrogen-bond donors (Lipinski definition) is 1. The Balaban J connectivity index is 2.47. The quantitative estimate of drug-likeness (QED) is 0.842. The molecular weight excluding hydrogens is 265 g/mol. The molecule has 0 bridgehead atoms. The smallest absolute Gasteiger partial charge is 0.165 e. The molecule has 0 spiro atoms.